The van der Waals surface area contributed by atoms with Gasteiger partial charge in [-0.25, -0.2) is 4.39 Å². The predicted octanol–water partition coefficient (Wildman–Crippen LogP) is 2.05. The molecule has 0 saturated heterocycles. The van der Waals surface area contributed by atoms with Gasteiger partial charge in [0.1, 0.15) is 5.82 Å². The van der Waals surface area contributed by atoms with Crippen molar-refractivity contribution in [2.45, 2.75) is 0 Å². The Morgan fingerprint density at radius 3 is 2.78 bits per heavy atom. The molecule has 0 amide bonds. The number of hydrogen-bond acceptors (Lipinski definition) is 4. The Hall–Kier alpha value is -1.04. The summed E-state index contributed by atoms with van der Waals surface area (Å²) in [6.07, 6.45) is 0. The van der Waals surface area contributed by atoms with Gasteiger partial charge in [-0.2, -0.15) is 0 Å². The molecule has 0 aliphatic carbocycles. The third kappa shape index (κ3) is 5.08. The summed E-state index contributed by atoms with van der Waals surface area (Å²) in [5.74, 6) is -0.512. The smallest absolute Gasteiger partial charge is 0.143 e. The first-order chi connectivity index (χ1) is 8.50. The van der Waals surface area contributed by atoms with Crippen molar-refractivity contribution < 1.29 is 9.13 Å². The fourth-order valence-corrected chi connectivity index (χ4v) is 1.49. The standard InChI is InChI=1S/C12H19ClFN3O/c1-17(2)4-6-18-5-3-16-12-7-9(13)10(14)8-11(12)15/h7-8,16H,3-6,15H2,1-2H3. The van der Waals surface area contributed by atoms with Crippen molar-refractivity contribution in [1.29, 1.82) is 0 Å². The average Bonchev–Trinajstić information content (AvgIpc) is 2.29. The van der Waals surface area contributed by atoms with Crippen LogP contribution >= 0.6 is 11.6 Å². The number of nitrogens with two attached hydrogens (primary N) is 1. The quantitative estimate of drug-likeness (QED) is 0.591. The maximum absolute atomic E-state index is 13.1. The Balaban J connectivity index is 2.29. The van der Waals surface area contributed by atoms with Gasteiger partial charge in [-0.05, 0) is 20.2 Å². The van der Waals surface area contributed by atoms with Crippen molar-refractivity contribution in [3.05, 3.63) is 23.0 Å². The molecule has 4 nitrogen and oxygen atoms in total. The highest BCUT2D eigenvalue weighted by Gasteiger charge is 2.05. The van der Waals surface area contributed by atoms with Crippen molar-refractivity contribution in [1.82, 2.24) is 4.90 Å². The third-order valence-corrected chi connectivity index (χ3v) is 2.63. The number of likely N-dealkylation sites (N-methyl/N-ethyl adjacent to an activating group) is 1. The van der Waals surface area contributed by atoms with Crippen LogP contribution < -0.4 is 11.1 Å². The van der Waals surface area contributed by atoms with Gasteiger partial charge < -0.3 is 20.7 Å². The van der Waals surface area contributed by atoms with Gasteiger partial charge in [0.25, 0.3) is 0 Å². The van der Waals surface area contributed by atoms with E-state index in [-0.39, 0.29) is 5.02 Å². The molecule has 0 saturated carbocycles. The van der Waals surface area contributed by atoms with Crippen LogP contribution in [0.5, 0.6) is 0 Å². The number of halogens is 2. The molecule has 1 rings (SSSR count). The number of nitrogen functional groups attached to an aromatic ring is 1. The lowest BCUT2D eigenvalue weighted by atomic mass is 10.2. The van der Waals surface area contributed by atoms with Crippen LogP contribution in [0.1, 0.15) is 0 Å². The molecule has 18 heavy (non-hydrogen) atoms. The molecule has 0 atom stereocenters. The second-order valence-electron chi connectivity index (χ2n) is 4.20. The van der Waals surface area contributed by atoms with E-state index >= 15 is 0 Å². The molecular formula is C12H19ClFN3O. The van der Waals surface area contributed by atoms with Crippen LogP contribution in [0.3, 0.4) is 0 Å². The van der Waals surface area contributed by atoms with Gasteiger partial charge in [0.15, 0.2) is 0 Å². The van der Waals surface area contributed by atoms with Crippen molar-refractivity contribution in [2.75, 3.05) is 51.4 Å². The topological polar surface area (TPSA) is 50.5 Å². The number of hydrogen-bond donors (Lipinski definition) is 2. The summed E-state index contributed by atoms with van der Waals surface area (Å²) in [4.78, 5) is 2.05. The lowest BCUT2D eigenvalue weighted by Gasteiger charge is -2.12. The van der Waals surface area contributed by atoms with Crippen LogP contribution in [0, 0.1) is 5.82 Å². The van der Waals surface area contributed by atoms with E-state index in [1.54, 1.807) is 0 Å². The monoisotopic (exact) mass is 275 g/mol. The van der Waals surface area contributed by atoms with E-state index in [2.05, 4.69) is 5.32 Å². The molecular weight excluding hydrogens is 257 g/mol. The molecule has 0 heterocycles. The number of nitrogens with one attached hydrogen (secondary N) is 1. The van der Waals surface area contributed by atoms with Gasteiger partial charge in [-0.1, -0.05) is 11.6 Å². The predicted molar refractivity (Wildman–Crippen MR) is 73.7 cm³/mol. The third-order valence-electron chi connectivity index (χ3n) is 2.34. The Kier molecular flexibility index (Phi) is 6.18. The van der Waals surface area contributed by atoms with Crippen molar-refractivity contribution in [2.24, 2.45) is 0 Å². The molecule has 0 aliphatic heterocycles. The lowest BCUT2D eigenvalue weighted by Crippen LogP contribution is -2.20. The first kappa shape index (κ1) is 15.0. The summed E-state index contributed by atoms with van der Waals surface area (Å²) in [6, 6.07) is 2.68. The van der Waals surface area contributed by atoms with Gasteiger partial charge >= 0.3 is 0 Å². The van der Waals surface area contributed by atoms with Crippen LogP contribution in [0.4, 0.5) is 15.8 Å². The van der Waals surface area contributed by atoms with Crippen LogP contribution in [-0.2, 0) is 4.74 Å². The fourth-order valence-electron chi connectivity index (χ4n) is 1.32. The molecule has 0 unspecified atom stereocenters. The van der Waals surface area contributed by atoms with Crippen LogP contribution in [0.15, 0.2) is 12.1 Å². The van der Waals surface area contributed by atoms with Crippen LogP contribution in [0.25, 0.3) is 0 Å². The minimum absolute atomic E-state index is 0.0558. The molecule has 1 aromatic rings. The minimum Gasteiger partial charge on any atom is -0.397 e. The van der Waals surface area contributed by atoms with E-state index in [4.69, 9.17) is 22.1 Å². The first-order valence-corrected chi connectivity index (χ1v) is 6.09. The van der Waals surface area contributed by atoms with Gasteiger partial charge in [-0.3, -0.25) is 0 Å². The molecule has 0 bridgehead atoms. The summed E-state index contributed by atoms with van der Waals surface area (Å²) in [5, 5.41) is 3.11. The number of benzene rings is 1. The summed E-state index contributed by atoms with van der Waals surface area (Å²) in [6.45, 7) is 2.71. The SMILES string of the molecule is CN(C)CCOCCNc1cc(Cl)c(F)cc1N. The Morgan fingerprint density at radius 1 is 1.39 bits per heavy atom. The Labute approximate surface area is 112 Å². The highest BCUT2D eigenvalue weighted by Crippen LogP contribution is 2.25. The van der Waals surface area contributed by atoms with E-state index in [0.717, 1.165) is 6.54 Å². The molecule has 0 aromatic heterocycles. The van der Waals surface area contributed by atoms with Crippen molar-refractivity contribution in [3.63, 3.8) is 0 Å². The second-order valence-corrected chi connectivity index (χ2v) is 4.60. The molecule has 1 aromatic carbocycles. The number of ether oxygens (including phenoxy) is 1. The van der Waals surface area contributed by atoms with Crippen LogP contribution in [0.2, 0.25) is 5.02 Å². The summed E-state index contributed by atoms with van der Waals surface area (Å²) in [5.41, 5.74) is 6.62. The van der Waals surface area contributed by atoms with Gasteiger partial charge in [-0.15, -0.1) is 0 Å². The molecule has 3 N–H and O–H groups in total. The zero-order chi connectivity index (χ0) is 13.5. The van der Waals surface area contributed by atoms with E-state index in [9.17, 15) is 4.39 Å². The van der Waals surface area contributed by atoms with E-state index in [1.807, 2.05) is 19.0 Å². The fraction of sp³-hybridized carbons (Fsp3) is 0.500. The Morgan fingerprint density at radius 2 is 2.11 bits per heavy atom. The van der Waals surface area contributed by atoms with E-state index in [1.165, 1.54) is 12.1 Å². The largest absolute Gasteiger partial charge is 0.397 e. The molecule has 0 fully saturated rings. The van der Waals surface area contributed by atoms with Crippen molar-refractivity contribution in [3.8, 4) is 0 Å². The van der Waals surface area contributed by atoms with Crippen LogP contribution in [-0.4, -0.2) is 45.3 Å². The Bertz CT molecular complexity index is 388. The normalized spacial score (nSPS) is 10.9. The molecule has 102 valence electrons. The zero-order valence-electron chi connectivity index (χ0n) is 10.7. The van der Waals surface area contributed by atoms with Gasteiger partial charge in [0.05, 0.1) is 29.6 Å². The van der Waals surface area contributed by atoms with E-state index in [0.29, 0.717) is 31.1 Å². The molecule has 6 heteroatoms. The summed E-state index contributed by atoms with van der Waals surface area (Å²) >= 11 is 5.68. The highest BCUT2D eigenvalue weighted by molar-refractivity contribution is 6.31. The molecule has 0 radical (unpaired) electrons. The molecule has 0 spiro atoms. The maximum atomic E-state index is 13.1. The first-order valence-electron chi connectivity index (χ1n) is 5.71. The lowest BCUT2D eigenvalue weighted by molar-refractivity contribution is 0.126. The average molecular weight is 276 g/mol. The van der Waals surface area contributed by atoms with Crippen molar-refractivity contribution >= 4 is 23.0 Å². The van der Waals surface area contributed by atoms with Gasteiger partial charge in [0.2, 0.25) is 0 Å². The zero-order valence-corrected chi connectivity index (χ0v) is 11.4. The minimum atomic E-state index is -0.512. The molecule has 0 aliphatic rings. The van der Waals surface area contributed by atoms with Gasteiger partial charge in [0, 0.05) is 19.2 Å². The summed E-state index contributed by atoms with van der Waals surface area (Å²) < 4.78 is 18.5. The maximum Gasteiger partial charge on any atom is 0.143 e. The highest BCUT2D eigenvalue weighted by atomic mass is 35.5. The van der Waals surface area contributed by atoms with E-state index < -0.39 is 5.82 Å². The second kappa shape index (κ2) is 7.41. The number of nitrogens with zero attached hydrogens (tertiary/aromatic N) is 1. The summed E-state index contributed by atoms with van der Waals surface area (Å²) in [7, 11) is 3.98. The number of rotatable bonds is 7. The number of anilines is 2.